The van der Waals surface area contributed by atoms with Crippen molar-refractivity contribution in [3.05, 3.63) is 0 Å². The highest BCUT2D eigenvalue weighted by atomic mass is 19.3. The van der Waals surface area contributed by atoms with Crippen LogP contribution < -0.4 is 5.32 Å². The second kappa shape index (κ2) is 1.94. The van der Waals surface area contributed by atoms with Crippen LogP contribution in [-0.2, 0) is 0 Å². The van der Waals surface area contributed by atoms with E-state index in [1.54, 1.807) is 0 Å². The summed E-state index contributed by atoms with van der Waals surface area (Å²) < 4.78 is 25.6. The Balaban J connectivity index is 2.06. The van der Waals surface area contributed by atoms with E-state index in [9.17, 15) is 8.78 Å². The van der Waals surface area contributed by atoms with Gasteiger partial charge in [0.1, 0.15) is 0 Å². The maximum absolute atomic E-state index is 12.8. The summed E-state index contributed by atoms with van der Waals surface area (Å²) in [5, 5.41) is 3.18. The van der Waals surface area contributed by atoms with Crippen molar-refractivity contribution in [2.45, 2.75) is 38.2 Å². The van der Waals surface area contributed by atoms with Gasteiger partial charge in [0.15, 0.2) is 0 Å². The molecule has 0 aromatic carbocycles. The van der Waals surface area contributed by atoms with Gasteiger partial charge in [-0.05, 0) is 26.3 Å². The summed E-state index contributed by atoms with van der Waals surface area (Å²) in [5.74, 6) is -2.34. The van der Waals surface area contributed by atoms with Crippen LogP contribution in [0.2, 0.25) is 0 Å². The van der Waals surface area contributed by atoms with Crippen molar-refractivity contribution in [3.63, 3.8) is 0 Å². The lowest BCUT2D eigenvalue weighted by molar-refractivity contribution is 0.0448. The average molecular weight is 161 g/mol. The molecule has 1 aliphatic carbocycles. The molecule has 11 heavy (non-hydrogen) atoms. The highest BCUT2D eigenvalue weighted by molar-refractivity contribution is 5.12. The van der Waals surface area contributed by atoms with E-state index in [1.807, 2.05) is 6.92 Å². The predicted molar refractivity (Wildman–Crippen MR) is 38.7 cm³/mol. The van der Waals surface area contributed by atoms with E-state index in [2.05, 4.69) is 5.32 Å². The smallest absolute Gasteiger partial charge is 0.254 e. The number of hydrogen-bond acceptors (Lipinski definition) is 1. The lowest BCUT2D eigenvalue weighted by Gasteiger charge is -2.27. The molecule has 1 saturated carbocycles. The number of hydrogen-bond donors (Lipinski definition) is 1. The van der Waals surface area contributed by atoms with Crippen LogP contribution in [0.4, 0.5) is 8.78 Å². The van der Waals surface area contributed by atoms with Gasteiger partial charge in [0.2, 0.25) is 0 Å². The van der Waals surface area contributed by atoms with E-state index in [0.717, 1.165) is 6.54 Å². The molecule has 0 aromatic heterocycles. The number of nitrogens with one attached hydrogen (secondary N) is 1. The second-order valence-electron chi connectivity index (χ2n) is 3.97. The van der Waals surface area contributed by atoms with E-state index >= 15 is 0 Å². The molecule has 0 aromatic rings. The minimum Gasteiger partial charge on any atom is -0.314 e. The van der Waals surface area contributed by atoms with Gasteiger partial charge < -0.3 is 5.32 Å². The molecule has 64 valence electrons. The Hall–Kier alpha value is -0.180. The lowest BCUT2D eigenvalue weighted by Crippen LogP contribution is -2.38. The van der Waals surface area contributed by atoms with Crippen molar-refractivity contribution < 1.29 is 8.78 Å². The van der Waals surface area contributed by atoms with Crippen LogP contribution >= 0.6 is 0 Å². The van der Waals surface area contributed by atoms with E-state index in [0.29, 0.717) is 12.8 Å². The van der Waals surface area contributed by atoms with E-state index in [1.165, 1.54) is 0 Å². The van der Waals surface area contributed by atoms with Crippen molar-refractivity contribution in [1.29, 1.82) is 0 Å². The molecule has 1 spiro atoms. The Morgan fingerprint density at radius 3 is 2.45 bits per heavy atom. The maximum atomic E-state index is 12.8. The Morgan fingerprint density at radius 2 is 2.09 bits per heavy atom. The summed E-state index contributed by atoms with van der Waals surface area (Å²) in [5.41, 5.74) is -0.600. The summed E-state index contributed by atoms with van der Waals surface area (Å²) in [7, 11) is 0. The normalized spacial score (nSPS) is 47.7. The quantitative estimate of drug-likeness (QED) is 0.571. The molecule has 1 N–H and O–H groups in total. The second-order valence-corrected chi connectivity index (χ2v) is 3.97. The lowest BCUT2D eigenvalue weighted by atomic mass is 9.89. The topological polar surface area (TPSA) is 12.0 Å². The van der Waals surface area contributed by atoms with Gasteiger partial charge in [-0.1, -0.05) is 0 Å². The van der Waals surface area contributed by atoms with Crippen LogP contribution in [0.3, 0.4) is 0 Å². The summed E-state index contributed by atoms with van der Waals surface area (Å²) in [6.07, 6.45) is 1.44. The first-order chi connectivity index (χ1) is 5.06. The first kappa shape index (κ1) is 7.47. The van der Waals surface area contributed by atoms with E-state index in [-0.39, 0.29) is 12.5 Å². The summed E-state index contributed by atoms with van der Waals surface area (Å²) in [6, 6.07) is 0.275. The fraction of sp³-hybridized carbons (Fsp3) is 1.00. The molecule has 1 nitrogen and oxygen atoms in total. The molecule has 2 unspecified atom stereocenters. The Morgan fingerprint density at radius 1 is 1.45 bits per heavy atom. The zero-order chi connectivity index (χ0) is 8.11. The zero-order valence-corrected chi connectivity index (χ0v) is 6.66. The Bertz CT molecular complexity index is 181. The Labute approximate surface area is 65.2 Å². The molecule has 0 amide bonds. The molecule has 2 aliphatic rings. The molecule has 1 saturated heterocycles. The molecule has 1 heterocycles. The standard InChI is InChI=1S/C8H13F2N/c1-6-4-7(2-3-11-6)5-8(7,9)10/h6,11H,2-5H2,1H3. The van der Waals surface area contributed by atoms with Gasteiger partial charge in [-0.3, -0.25) is 0 Å². The number of alkyl halides is 2. The largest absolute Gasteiger partial charge is 0.314 e. The molecule has 2 fully saturated rings. The average Bonchev–Trinajstić information content (AvgIpc) is 2.32. The van der Waals surface area contributed by atoms with Gasteiger partial charge in [0.25, 0.3) is 5.92 Å². The van der Waals surface area contributed by atoms with Crippen LogP contribution in [0, 0.1) is 5.41 Å². The van der Waals surface area contributed by atoms with Crippen LogP contribution in [0.5, 0.6) is 0 Å². The third-order valence-corrected chi connectivity index (χ3v) is 3.00. The molecule has 2 rings (SSSR count). The van der Waals surface area contributed by atoms with Crippen LogP contribution in [0.1, 0.15) is 26.2 Å². The molecular formula is C8H13F2N. The molecule has 0 bridgehead atoms. The third kappa shape index (κ3) is 0.975. The summed E-state index contributed by atoms with van der Waals surface area (Å²) in [4.78, 5) is 0. The summed E-state index contributed by atoms with van der Waals surface area (Å²) in [6.45, 7) is 2.74. The highest BCUT2D eigenvalue weighted by Crippen LogP contribution is 2.65. The number of halogens is 2. The van der Waals surface area contributed by atoms with Crippen LogP contribution in [0.15, 0.2) is 0 Å². The molecule has 3 heteroatoms. The van der Waals surface area contributed by atoms with E-state index < -0.39 is 11.3 Å². The van der Waals surface area contributed by atoms with Crippen molar-refractivity contribution in [3.8, 4) is 0 Å². The van der Waals surface area contributed by atoms with Gasteiger partial charge in [-0.15, -0.1) is 0 Å². The van der Waals surface area contributed by atoms with Gasteiger partial charge in [0.05, 0.1) is 0 Å². The van der Waals surface area contributed by atoms with Crippen LogP contribution in [-0.4, -0.2) is 18.5 Å². The van der Waals surface area contributed by atoms with Gasteiger partial charge in [0, 0.05) is 17.9 Å². The van der Waals surface area contributed by atoms with Gasteiger partial charge in [-0.25, -0.2) is 8.78 Å². The predicted octanol–water partition coefficient (Wildman–Crippen LogP) is 1.78. The number of rotatable bonds is 0. The molecule has 0 radical (unpaired) electrons. The third-order valence-electron chi connectivity index (χ3n) is 3.00. The van der Waals surface area contributed by atoms with E-state index in [4.69, 9.17) is 0 Å². The highest BCUT2D eigenvalue weighted by Gasteiger charge is 2.70. The van der Waals surface area contributed by atoms with Crippen molar-refractivity contribution >= 4 is 0 Å². The fourth-order valence-electron chi connectivity index (χ4n) is 2.19. The minimum absolute atomic E-state index is 0.131. The SMILES string of the molecule is CC1CC2(CCN1)CC2(F)F. The minimum atomic E-state index is -2.34. The van der Waals surface area contributed by atoms with Crippen molar-refractivity contribution in [2.75, 3.05) is 6.54 Å². The first-order valence-electron chi connectivity index (χ1n) is 4.17. The van der Waals surface area contributed by atoms with Crippen molar-refractivity contribution in [2.24, 2.45) is 5.41 Å². The monoisotopic (exact) mass is 161 g/mol. The van der Waals surface area contributed by atoms with Gasteiger partial charge >= 0.3 is 0 Å². The molecular weight excluding hydrogens is 148 g/mol. The van der Waals surface area contributed by atoms with Crippen molar-refractivity contribution in [1.82, 2.24) is 5.32 Å². The summed E-state index contributed by atoms with van der Waals surface area (Å²) >= 11 is 0. The molecule has 1 aliphatic heterocycles. The molecule has 2 atom stereocenters. The zero-order valence-electron chi connectivity index (χ0n) is 6.66. The number of piperidine rings is 1. The maximum Gasteiger partial charge on any atom is 0.254 e. The van der Waals surface area contributed by atoms with Crippen LogP contribution in [0.25, 0.3) is 0 Å². The Kier molecular flexibility index (Phi) is 1.32. The van der Waals surface area contributed by atoms with Gasteiger partial charge in [-0.2, -0.15) is 0 Å². The first-order valence-corrected chi connectivity index (χ1v) is 4.17. The fourth-order valence-corrected chi connectivity index (χ4v) is 2.19.